The number of rotatable bonds is 9. The summed E-state index contributed by atoms with van der Waals surface area (Å²) < 4.78 is 40.3. The van der Waals surface area contributed by atoms with Crippen molar-refractivity contribution in [1.29, 1.82) is 0 Å². The SMILES string of the molecule is CC(C)OC(=O)Nc1ccc(-c2cnc(N3CCC(NC(=O)OC[C@@H]4CCCN4C)CC3)s2)c(S(=O)(=O)NC(C)(C)C)c1.S. The number of hydrogen-bond donors (Lipinski definition) is 3. The van der Waals surface area contributed by atoms with E-state index in [4.69, 9.17) is 9.47 Å². The number of amides is 2. The van der Waals surface area contributed by atoms with Gasteiger partial charge in [0.1, 0.15) is 6.61 Å². The number of hydrogen-bond acceptors (Lipinski definition) is 10. The molecule has 2 amide bonds. The number of thiazole rings is 1. The number of carbonyl (C=O) groups is 2. The van der Waals surface area contributed by atoms with Gasteiger partial charge in [0.2, 0.25) is 10.0 Å². The van der Waals surface area contributed by atoms with Crippen molar-refractivity contribution in [3.05, 3.63) is 24.4 Å². The highest BCUT2D eigenvalue weighted by Crippen LogP contribution is 2.37. The molecule has 2 aliphatic rings. The monoisotopic (exact) mass is 670 g/mol. The van der Waals surface area contributed by atoms with Gasteiger partial charge in [-0.25, -0.2) is 27.7 Å². The number of nitrogens with zero attached hydrogens (tertiary/aromatic N) is 3. The molecule has 1 atom stereocenters. The molecule has 1 aromatic carbocycles. The van der Waals surface area contributed by atoms with Gasteiger partial charge in [-0.1, -0.05) is 17.4 Å². The van der Waals surface area contributed by atoms with Gasteiger partial charge in [0, 0.05) is 48.2 Å². The fraction of sp³-hybridized carbons (Fsp3) is 0.621. The Kier molecular flexibility index (Phi) is 12.3. The van der Waals surface area contributed by atoms with Crippen LogP contribution in [0.4, 0.5) is 20.4 Å². The lowest BCUT2D eigenvalue weighted by molar-refractivity contribution is 0.111. The molecular weight excluding hydrogens is 625 g/mol. The molecule has 1 aromatic heterocycles. The zero-order valence-electron chi connectivity index (χ0n) is 26.3. The van der Waals surface area contributed by atoms with Crippen LogP contribution in [0, 0.1) is 0 Å². The van der Waals surface area contributed by atoms with Crippen molar-refractivity contribution in [2.75, 3.05) is 43.5 Å². The summed E-state index contributed by atoms with van der Waals surface area (Å²) in [4.78, 5) is 34.2. The minimum Gasteiger partial charge on any atom is -0.448 e. The Hall–Kier alpha value is -2.59. The highest BCUT2D eigenvalue weighted by atomic mass is 32.2. The molecule has 0 saturated carbocycles. The molecule has 4 rings (SSSR count). The third-order valence-electron chi connectivity index (χ3n) is 7.23. The largest absolute Gasteiger partial charge is 0.448 e. The second-order valence-electron chi connectivity index (χ2n) is 12.4. The lowest BCUT2D eigenvalue weighted by atomic mass is 10.1. The number of ether oxygens (including phenoxy) is 2. The van der Waals surface area contributed by atoms with Crippen LogP contribution in [0.3, 0.4) is 0 Å². The lowest BCUT2D eigenvalue weighted by Crippen LogP contribution is -2.45. The number of sulfonamides is 1. The average molecular weight is 671 g/mol. The summed E-state index contributed by atoms with van der Waals surface area (Å²) in [6, 6.07) is 5.07. The van der Waals surface area contributed by atoms with Gasteiger partial charge in [0.15, 0.2) is 5.13 Å². The number of carbonyl (C=O) groups excluding carboxylic acids is 2. The number of benzene rings is 1. The van der Waals surface area contributed by atoms with Crippen molar-refractivity contribution in [2.45, 2.75) is 88.9 Å². The second kappa shape index (κ2) is 15.1. The average Bonchev–Trinajstić information content (AvgIpc) is 3.55. The van der Waals surface area contributed by atoms with Gasteiger partial charge in [-0.05, 0) is 86.0 Å². The maximum atomic E-state index is 13.5. The molecule has 2 aromatic rings. The number of likely N-dealkylation sites (tertiary alicyclic amines) is 1. The normalized spacial score (nSPS) is 18.2. The van der Waals surface area contributed by atoms with Gasteiger partial charge in [-0.15, -0.1) is 0 Å². The molecule has 3 heterocycles. The fourth-order valence-electron chi connectivity index (χ4n) is 5.17. The van der Waals surface area contributed by atoms with Gasteiger partial charge in [0.05, 0.1) is 15.9 Å². The highest BCUT2D eigenvalue weighted by Gasteiger charge is 2.29. The summed E-state index contributed by atoms with van der Waals surface area (Å²) in [7, 11) is -1.90. The van der Waals surface area contributed by atoms with Gasteiger partial charge < -0.3 is 24.6 Å². The number of nitrogens with one attached hydrogen (secondary N) is 3. The zero-order valence-corrected chi connectivity index (χ0v) is 28.9. The summed E-state index contributed by atoms with van der Waals surface area (Å²) in [6.07, 6.45) is 3.99. The van der Waals surface area contributed by atoms with Crippen molar-refractivity contribution < 1.29 is 27.5 Å². The van der Waals surface area contributed by atoms with Crippen molar-refractivity contribution in [2.24, 2.45) is 0 Å². The van der Waals surface area contributed by atoms with E-state index in [2.05, 4.69) is 37.2 Å². The summed E-state index contributed by atoms with van der Waals surface area (Å²) in [5.74, 6) is 0. The Labute approximate surface area is 271 Å². The number of likely N-dealkylation sites (N-methyl/N-ethyl adjacent to an activating group) is 1. The third-order valence-corrected chi connectivity index (χ3v) is 10.1. The first-order valence-electron chi connectivity index (χ1n) is 14.7. The van der Waals surface area contributed by atoms with E-state index in [1.54, 1.807) is 52.9 Å². The van der Waals surface area contributed by atoms with E-state index < -0.39 is 21.7 Å². The van der Waals surface area contributed by atoms with E-state index in [0.29, 0.717) is 41.9 Å². The lowest BCUT2D eigenvalue weighted by Gasteiger charge is -2.32. The third kappa shape index (κ3) is 9.96. The molecule has 0 unspecified atom stereocenters. The van der Waals surface area contributed by atoms with Gasteiger partial charge in [-0.3, -0.25) is 5.32 Å². The molecule has 3 N–H and O–H groups in total. The van der Waals surface area contributed by atoms with E-state index >= 15 is 0 Å². The minimum atomic E-state index is -3.96. The molecule has 0 radical (unpaired) electrons. The maximum Gasteiger partial charge on any atom is 0.411 e. The number of piperidine rings is 1. The molecule has 44 heavy (non-hydrogen) atoms. The Morgan fingerprint density at radius 2 is 1.82 bits per heavy atom. The van der Waals surface area contributed by atoms with Gasteiger partial charge >= 0.3 is 12.2 Å². The first-order chi connectivity index (χ1) is 20.2. The first-order valence-corrected chi connectivity index (χ1v) is 17.0. The minimum absolute atomic E-state index is 0. The number of alkyl carbamates (subject to hydrolysis) is 1. The number of anilines is 2. The number of aromatic nitrogens is 1. The predicted octanol–water partition coefficient (Wildman–Crippen LogP) is 4.75. The second-order valence-corrected chi connectivity index (χ2v) is 15.1. The quantitative estimate of drug-likeness (QED) is 0.345. The van der Waals surface area contributed by atoms with Crippen LogP contribution in [-0.2, 0) is 19.5 Å². The molecule has 246 valence electrons. The van der Waals surface area contributed by atoms with E-state index in [0.717, 1.165) is 37.4 Å². The summed E-state index contributed by atoms with van der Waals surface area (Å²) in [5.41, 5.74) is 0.0689. The van der Waals surface area contributed by atoms with Crippen LogP contribution < -0.4 is 20.3 Å². The Morgan fingerprint density at radius 3 is 2.43 bits per heavy atom. The maximum absolute atomic E-state index is 13.5. The molecule has 2 aliphatic heterocycles. The Bertz CT molecular complexity index is 1390. The highest BCUT2D eigenvalue weighted by molar-refractivity contribution is 7.89. The van der Waals surface area contributed by atoms with Crippen molar-refractivity contribution in [3.63, 3.8) is 0 Å². The van der Waals surface area contributed by atoms with Crippen LogP contribution in [0.25, 0.3) is 10.4 Å². The Morgan fingerprint density at radius 1 is 1.11 bits per heavy atom. The molecule has 0 aliphatic carbocycles. The van der Waals surface area contributed by atoms with Crippen LogP contribution in [0.5, 0.6) is 0 Å². The van der Waals surface area contributed by atoms with E-state index in [1.807, 2.05) is 0 Å². The van der Waals surface area contributed by atoms with Crippen molar-refractivity contribution in [1.82, 2.24) is 19.9 Å². The summed E-state index contributed by atoms with van der Waals surface area (Å²) >= 11 is 1.40. The topological polar surface area (TPSA) is 142 Å². The van der Waals surface area contributed by atoms with E-state index in [1.165, 1.54) is 17.4 Å². The molecular formula is C29H46N6O6S3. The van der Waals surface area contributed by atoms with Crippen molar-refractivity contribution in [3.8, 4) is 10.4 Å². The summed E-state index contributed by atoms with van der Waals surface area (Å²) in [6.45, 7) is 11.6. The van der Waals surface area contributed by atoms with Crippen molar-refractivity contribution >= 4 is 57.9 Å². The standard InChI is InChI=1S/C29H44N6O6S2.H2S/c1-19(2)41-28(37)32-21-9-10-23(25(16-21)43(38,39)33-29(3,4)5)24-17-30-26(42-24)35-14-11-20(12-15-35)31-27(36)40-18-22-8-7-13-34(22)6;/h9-10,16-17,19-20,22,33H,7-8,11-15,18H2,1-6H3,(H,31,36)(H,32,37);1H2/t22-;/m0./s1. The van der Waals surface area contributed by atoms with E-state index in [9.17, 15) is 18.0 Å². The molecule has 15 heteroatoms. The Balaban J connectivity index is 0.00000529. The molecule has 12 nitrogen and oxygen atoms in total. The smallest absolute Gasteiger partial charge is 0.411 e. The fourth-order valence-corrected chi connectivity index (χ4v) is 7.90. The molecule has 2 fully saturated rings. The first kappa shape index (κ1) is 35.9. The molecule has 0 bridgehead atoms. The van der Waals surface area contributed by atoms with Gasteiger partial charge in [-0.2, -0.15) is 13.5 Å². The van der Waals surface area contributed by atoms with Crippen LogP contribution in [0.1, 0.15) is 60.3 Å². The van der Waals surface area contributed by atoms with Crippen LogP contribution in [0.15, 0.2) is 29.3 Å². The summed E-state index contributed by atoms with van der Waals surface area (Å²) in [5, 5.41) is 6.38. The van der Waals surface area contributed by atoms with E-state index in [-0.39, 0.29) is 36.6 Å². The van der Waals surface area contributed by atoms with Crippen LogP contribution in [0.2, 0.25) is 0 Å². The van der Waals surface area contributed by atoms with Crippen LogP contribution in [-0.4, -0.2) is 87.5 Å². The zero-order chi connectivity index (χ0) is 31.4. The molecule has 2 saturated heterocycles. The van der Waals surface area contributed by atoms with Crippen LogP contribution >= 0.6 is 24.8 Å². The molecule has 0 spiro atoms. The van der Waals surface area contributed by atoms with Gasteiger partial charge in [0.25, 0.3) is 0 Å². The predicted molar refractivity (Wildman–Crippen MR) is 179 cm³/mol.